The lowest BCUT2D eigenvalue weighted by Gasteiger charge is -2.23. The predicted octanol–water partition coefficient (Wildman–Crippen LogP) is 4.53. The molecule has 0 aromatic carbocycles. The fourth-order valence-corrected chi connectivity index (χ4v) is 2.01. The minimum Gasteiger partial charge on any atom is -0.504 e. The van der Waals surface area contributed by atoms with Gasteiger partial charge in [-0.1, -0.05) is 26.3 Å². The van der Waals surface area contributed by atoms with E-state index in [9.17, 15) is 0 Å². The summed E-state index contributed by atoms with van der Waals surface area (Å²) in [5, 5.41) is 0. The van der Waals surface area contributed by atoms with Crippen molar-refractivity contribution in [1.29, 1.82) is 0 Å². The molecule has 0 saturated carbocycles. The van der Waals surface area contributed by atoms with Gasteiger partial charge in [0, 0.05) is 5.57 Å². The summed E-state index contributed by atoms with van der Waals surface area (Å²) in [6.45, 7) is 10.6. The zero-order valence-corrected chi connectivity index (χ0v) is 14.0. The van der Waals surface area contributed by atoms with E-state index < -0.39 is 0 Å². The van der Waals surface area contributed by atoms with Gasteiger partial charge in [-0.15, -0.1) is 0 Å². The average molecular weight is 325 g/mol. The lowest BCUT2D eigenvalue weighted by atomic mass is 9.83. The highest BCUT2D eigenvalue weighted by molar-refractivity contribution is 9.10. The van der Waals surface area contributed by atoms with Crippen molar-refractivity contribution in [2.45, 2.75) is 34.6 Å². The van der Waals surface area contributed by atoms with E-state index in [0.717, 1.165) is 21.6 Å². The molecule has 0 N–H and O–H groups in total. The summed E-state index contributed by atoms with van der Waals surface area (Å²) < 4.78 is 5.80. The maximum absolute atomic E-state index is 5.05. The van der Waals surface area contributed by atoms with Crippen LogP contribution >= 0.6 is 15.9 Å². The second-order valence-electron chi connectivity index (χ2n) is 5.45. The van der Waals surface area contributed by atoms with E-state index in [4.69, 9.17) is 4.74 Å². The SMILES string of the molecule is CO/C=C\C(=C(\C)C(C)(C)C)c1ncc(Br)nc1C. The highest BCUT2D eigenvalue weighted by atomic mass is 79.9. The Morgan fingerprint density at radius 2 is 2.00 bits per heavy atom. The van der Waals surface area contributed by atoms with Crippen LogP contribution in [0.15, 0.2) is 28.7 Å². The van der Waals surface area contributed by atoms with Gasteiger partial charge in [0.25, 0.3) is 0 Å². The largest absolute Gasteiger partial charge is 0.504 e. The fraction of sp³-hybridized carbons (Fsp3) is 0.467. The monoisotopic (exact) mass is 324 g/mol. The Kier molecular flexibility index (Phi) is 5.29. The summed E-state index contributed by atoms with van der Waals surface area (Å²) >= 11 is 3.34. The topological polar surface area (TPSA) is 35.0 Å². The molecule has 0 amide bonds. The van der Waals surface area contributed by atoms with Crippen LogP contribution in [0.5, 0.6) is 0 Å². The number of aryl methyl sites for hydroxylation is 1. The molecule has 0 unspecified atom stereocenters. The molecule has 0 aliphatic rings. The van der Waals surface area contributed by atoms with Gasteiger partial charge in [-0.25, -0.2) is 4.98 Å². The number of halogens is 1. The highest BCUT2D eigenvalue weighted by Gasteiger charge is 2.19. The molecular weight excluding hydrogens is 304 g/mol. The Balaban J connectivity index is 3.45. The number of aromatic nitrogens is 2. The molecule has 1 aromatic heterocycles. The van der Waals surface area contributed by atoms with Crippen molar-refractivity contribution >= 4 is 21.5 Å². The van der Waals surface area contributed by atoms with E-state index in [2.05, 4.69) is 53.6 Å². The van der Waals surface area contributed by atoms with E-state index in [1.807, 2.05) is 13.0 Å². The molecule has 1 aromatic rings. The van der Waals surface area contributed by atoms with Crippen LogP contribution in [-0.4, -0.2) is 17.1 Å². The molecule has 3 nitrogen and oxygen atoms in total. The lowest BCUT2D eigenvalue weighted by Crippen LogP contribution is -2.10. The summed E-state index contributed by atoms with van der Waals surface area (Å²) in [6.07, 6.45) is 5.35. The Bertz CT molecular complexity index is 513. The van der Waals surface area contributed by atoms with Gasteiger partial charge in [0.15, 0.2) is 0 Å². The highest BCUT2D eigenvalue weighted by Crippen LogP contribution is 2.33. The van der Waals surface area contributed by atoms with Crippen molar-refractivity contribution in [2.75, 3.05) is 7.11 Å². The minimum atomic E-state index is 0.0641. The van der Waals surface area contributed by atoms with Gasteiger partial charge in [0.05, 0.1) is 31.0 Å². The van der Waals surface area contributed by atoms with Crippen LogP contribution in [0.3, 0.4) is 0 Å². The van der Waals surface area contributed by atoms with Crippen LogP contribution in [0, 0.1) is 12.3 Å². The lowest BCUT2D eigenvalue weighted by molar-refractivity contribution is 0.338. The zero-order chi connectivity index (χ0) is 14.6. The van der Waals surface area contributed by atoms with Gasteiger partial charge in [-0.3, -0.25) is 4.98 Å². The maximum Gasteiger partial charge on any atom is 0.124 e. The molecule has 0 aliphatic carbocycles. The third kappa shape index (κ3) is 4.16. The van der Waals surface area contributed by atoms with Crippen LogP contribution in [0.1, 0.15) is 39.1 Å². The fourth-order valence-electron chi connectivity index (χ4n) is 1.64. The molecular formula is C15H21BrN2O. The van der Waals surface area contributed by atoms with Crippen molar-refractivity contribution in [3.8, 4) is 0 Å². The third-order valence-corrected chi connectivity index (χ3v) is 3.45. The normalized spacial score (nSPS) is 13.6. The number of rotatable bonds is 3. The average Bonchev–Trinajstić information content (AvgIpc) is 2.30. The Morgan fingerprint density at radius 1 is 1.37 bits per heavy atom. The van der Waals surface area contributed by atoms with Crippen molar-refractivity contribution in [2.24, 2.45) is 5.41 Å². The van der Waals surface area contributed by atoms with E-state index in [0.29, 0.717) is 0 Å². The van der Waals surface area contributed by atoms with Gasteiger partial charge < -0.3 is 4.74 Å². The Hall–Kier alpha value is -1.16. The summed E-state index contributed by atoms with van der Waals surface area (Å²) in [4.78, 5) is 8.90. The first kappa shape index (κ1) is 15.9. The van der Waals surface area contributed by atoms with Crippen molar-refractivity contribution in [3.05, 3.63) is 40.1 Å². The van der Waals surface area contributed by atoms with E-state index in [1.54, 1.807) is 19.6 Å². The first-order valence-corrected chi connectivity index (χ1v) is 6.97. The second kappa shape index (κ2) is 6.33. The van der Waals surface area contributed by atoms with Crippen molar-refractivity contribution in [3.63, 3.8) is 0 Å². The molecule has 19 heavy (non-hydrogen) atoms. The number of methoxy groups -OCH3 is 1. The first-order valence-electron chi connectivity index (χ1n) is 6.17. The molecule has 1 rings (SSSR count). The molecule has 4 heteroatoms. The van der Waals surface area contributed by atoms with Gasteiger partial charge in [-0.2, -0.15) is 0 Å². The maximum atomic E-state index is 5.05. The number of hydrogen-bond donors (Lipinski definition) is 0. The number of allylic oxidation sites excluding steroid dienone is 3. The molecule has 0 atom stereocenters. The van der Waals surface area contributed by atoms with Crippen LogP contribution in [0.2, 0.25) is 0 Å². The minimum absolute atomic E-state index is 0.0641. The Morgan fingerprint density at radius 3 is 2.47 bits per heavy atom. The van der Waals surface area contributed by atoms with Crippen LogP contribution in [0.25, 0.3) is 5.57 Å². The second-order valence-corrected chi connectivity index (χ2v) is 6.27. The van der Waals surface area contributed by atoms with Crippen LogP contribution in [0.4, 0.5) is 0 Å². The number of nitrogens with zero attached hydrogens (tertiary/aromatic N) is 2. The number of hydrogen-bond acceptors (Lipinski definition) is 3. The number of ether oxygens (including phenoxy) is 1. The van der Waals surface area contributed by atoms with Gasteiger partial charge >= 0.3 is 0 Å². The summed E-state index contributed by atoms with van der Waals surface area (Å²) in [5.41, 5.74) is 4.17. The molecule has 0 radical (unpaired) electrons. The van der Waals surface area contributed by atoms with Crippen molar-refractivity contribution in [1.82, 2.24) is 9.97 Å². The standard InChI is InChI=1S/C15H21BrN2O/c1-10(15(3,4)5)12(7-8-19-6)14-11(2)18-13(16)9-17-14/h7-9H,1-6H3/b8-7-,12-10+. The van der Waals surface area contributed by atoms with E-state index >= 15 is 0 Å². The zero-order valence-electron chi connectivity index (χ0n) is 12.4. The van der Waals surface area contributed by atoms with Crippen LogP contribution < -0.4 is 0 Å². The van der Waals surface area contributed by atoms with Gasteiger partial charge in [0.2, 0.25) is 0 Å². The molecule has 0 aliphatic heterocycles. The molecule has 0 spiro atoms. The summed E-state index contributed by atoms with van der Waals surface area (Å²) in [5.74, 6) is 0. The Labute approximate surface area is 123 Å². The van der Waals surface area contributed by atoms with E-state index in [-0.39, 0.29) is 5.41 Å². The van der Waals surface area contributed by atoms with Crippen molar-refractivity contribution < 1.29 is 4.74 Å². The van der Waals surface area contributed by atoms with Gasteiger partial charge in [0.1, 0.15) is 4.60 Å². The molecule has 0 saturated heterocycles. The predicted molar refractivity (Wildman–Crippen MR) is 82.7 cm³/mol. The van der Waals surface area contributed by atoms with Gasteiger partial charge in [-0.05, 0) is 41.3 Å². The molecule has 1 heterocycles. The third-order valence-electron chi connectivity index (χ3n) is 3.07. The summed E-state index contributed by atoms with van der Waals surface area (Å²) in [7, 11) is 1.64. The smallest absolute Gasteiger partial charge is 0.124 e. The van der Waals surface area contributed by atoms with E-state index in [1.165, 1.54) is 5.57 Å². The summed E-state index contributed by atoms with van der Waals surface area (Å²) in [6, 6.07) is 0. The molecule has 0 fully saturated rings. The quantitative estimate of drug-likeness (QED) is 0.605. The van der Waals surface area contributed by atoms with Crippen LogP contribution in [-0.2, 0) is 4.74 Å². The molecule has 104 valence electrons. The molecule has 0 bridgehead atoms. The first-order chi connectivity index (χ1) is 8.77.